The highest BCUT2D eigenvalue weighted by atomic mass is 35.5. The van der Waals surface area contributed by atoms with Crippen LogP contribution in [0.5, 0.6) is 11.5 Å². The van der Waals surface area contributed by atoms with E-state index in [0.717, 1.165) is 0 Å². The first-order chi connectivity index (χ1) is 10.4. The van der Waals surface area contributed by atoms with Crippen molar-refractivity contribution in [3.63, 3.8) is 0 Å². The molecule has 1 aromatic heterocycles. The summed E-state index contributed by atoms with van der Waals surface area (Å²) < 4.78 is 5.00. The van der Waals surface area contributed by atoms with Gasteiger partial charge >= 0.3 is 0 Å². The van der Waals surface area contributed by atoms with Crippen molar-refractivity contribution >= 4 is 23.8 Å². The van der Waals surface area contributed by atoms with Gasteiger partial charge in [0.2, 0.25) is 5.95 Å². The summed E-state index contributed by atoms with van der Waals surface area (Å²) in [5.74, 6) is 0.349. The fraction of sp³-hybridized carbons (Fsp3) is 0.214. The molecule has 0 spiro atoms. The van der Waals surface area contributed by atoms with Gasteiger partial charge in [0.05, 0.1) is 18.3 Å². The van der Waals surface area contributed by atoms with E-state index in [1.54, 1.807) is 19.9 Å². The first-order valence-corrected chi connectivity index (χ1v) is 6.73. The van der Waals surface area contributed by atoms with Crippen LogP contribution in [0.3, 0.4) is 0 Å². The number of hydrazone groups is 1. The second-order valence-corrected chi connectivity index (χ2v) is 4.96. The third-order valence-electron chi connectivity index (χ3n) is 3.05. The minimum Gasteiger partial charge on any atom is -0.503 e. The molecule has 8 heteroatoms. The van der Waals surface area contributed by atoms with E-state index in [-0.39, 0.29) is 28.0 Å². The first kappa shape index (κ1) is 15.8. The van der Waals surface area contributed by atoms with Crippen molar-refractivity contribution in [1.82, 2.24) is 9.97 Å². The lowest BCUT2D eigenvalue weighted by Crippen LogP contribution is -2.15. The van der Waals surface area contributed by atoms with E-state index in [9.17, 15) is 9.90 Å². The lowest BCUT2D eigenvalue weighted by Gasteiger charge is -2.06. The average Bonchev–Trinajstić information content (AvgIpc) is 2.48. The molecule has 0 amide bonds. The van der Waals surface area contributed by atoms with Gasteiger partial charge < -0.3 is 9.84 Å². The highest BCUT2D eigenvalue weighted by Crippen LogP contribution is 2.34. The van der Waals surface area contributed by atoms with Crippen molar-refractivity contribution in [2.45, 2.75) is 13.8 Å². The molecule has 0 aliphatic heterocycles. The van der Waals surface area contributed by atoms with Crippen molar-refractivity contribution in [3.05, 3.63) is 44.3 Å². The molecule has 0 bridgehead atoms. The number of anilines is 1. The number of phenols is 1. The number of nitrogens with zero attached hydrogens (tertiary/aromatic N) is 2. The third-order valence-corrected chi connectivity index (χ3v) is 3.34. The Morgan fingerprint density at radius 3 is 2.82 bits per heavy atom. The van der Waals surface area contributed by atoms with Crippen molar-refractivity contribution < 1.29 is 9.84 Å². The molecule has 0 saturated heterocycles. The fourth-order valence-corrected chi connectivity index (χ4v) is 1.91. The Morgan fingerprint density at radius 2 is 2.18 bits per heavy atom. The van der Waals surface area contributed by atoms with Crippen LogP contribution in [0.4, 0.5) is 5.95 Å². The summed E-state index contributed by atoms with van der Waals surface area (Å²) in [6.07, 6.45) is 1.46. The summed E-state index contributed by atoms with van der Waals surface area (Å²) in [5, 5.41) is 13.8. The highest BCUT2D eigenvalue weighted by Gasteiger charge is 2.08. The molecule has 0 radical (unpaired) electrons. The zero-order chi connectivity index (χ0) is 16.3. The molecular formula is C14H15ClN4O3. The van der Waals surface area contributed by atoms with Crippen LogP contribution in [0.15, 0.2) is 22.0 Å². The van der Waals surface area contributed by atoms with Gasteiger partial charge in [-0.25, -0.2) is 10.4 Å². The number of nitrogens with one attached hydrogen (secondary N) is 2. The number of rotatable bonds is 4. The molecular weight excluding hydrogens is 308 g/mol. The molecule has 1 aromatic carbocycles. The molecule has 0 saturated carbocycles. The zero-order valence-corrected chi connectivity index (χ0v) is 13.0. The van der Waals surface area contributed by atoms with Gasteiger partial charge in [-0.3, -0.25) is 9.78 Å². The van der Waals surface area contributed by atoms with Crippen LogP contribution >= 0.6 is 11.6 Å². The number of ether oxygens (including phenoxy) is 1. The van der Waals surface area contributed by atoms with E-state index in [0.29, 0.717) is 16.8 Å². The molecule has 22 heavy (non-hydrogen) atoms. The first-order valence-electron chi connectivity index (χ1n) is 6.35. The molecule has 2 rings (SSSR count). The monoisotopic (exact) mass is 322 g/mol. The number of aromatic amines is 1. The Kier molecular flexibility index (Phi) is 4.67. The summed E-state index contributed by atoms with van der Waals surface area (Å²) in [6.45, 7) is 3.43. The second-order valence-electron chi connectivity index (χ2n) is 4.55. The molecule has 0 atom stereocenters. The summed E-state index contributed by atoms with van der Waals surface area (Å²) in [6, 6.07) is 3.10. The standard InChI is InChI=1S/C14H15ClN4O3/c1-7-8(2)17-14(18-13(7)21)19-16-6-9-4-10(15)12(20)11(5-9)22-3/h4-6,20H,1-3H3,(H2,17,18,19,21)/b16-6-. The predicted molar refractivity (Wildman–Crippen MR) is 85.2 cm³/mol. The van der Waals surface area contributed by atoms with Crippen molar-refractivity contribution in [2.24, 2.45) is 5.10 Å². The Balaban J connectivity index is 2.20. The minimum atomic E-state index is -0.223. The molecule has 0 aliphatic carbocycles. The van der Waals surface area contributed by atoms with Crippen molar-refractivity contribution in [2.75, 3.05) is 12.5 Å². The molecule has 2 aromatic rings. The number of aromatic hydroxyl groups is 1. The van der Waals surface area contributed by atoms with Crippen LogP contribution in [0.2, 0.25) is 5.02 Å². The number of hydrogen-bond acceptors (Lipinski definition) is 6. The maximum atomic E-state index is 11.6. The largest absolute Gasteiger partial charge is 0.503 e. The number of H-pyrrole nitrogens is 1. The maximum absolute atomic E-state index is 11.6. The molecule has 0 fully saturated rings. The smallest absolute Gasteiger partial charge is 0.255 e. The number of aromatic nitrogens is 2. The normalized spacial score (nSPS) is 10.9. The summed E-state index contributed by atoms with van der Waals surface area (Å²) in [5.41, 5.74) is 4.20. The molecule has 0 aliphatic rings. The van der Waals surface area contributed by atoms with Crippen LogP contribution in [0.25, 0.3) is 0 Å². The zero-order valence-electron chi connectivity index (χ0n) is 12.3. The maximum Gasteiger partial charge on any atom is 0.255 e. The summed E-state index contributed by atoms with van der Waals surface area (Å²) in [4.78, 5) is 18.3. The van der Waals surface area contributed by atoms with Gasteiger partial charge in [0.1, 0.15) is 0 Å². The van der Waals surface area contributed by atoms with Crippen molar-refractivity contribution in [3.8, 4) is 11.5 Å². The van der Waals surface area contributed by atoms with Gasteiger partial charge in [-0.2, -0.15) is 5.10 Å². The molecule has 116 valence electrons. The van der Waals surface area contributed by atoms with E-state index in [4.69, 9.17) is 16.3 Å². The topological polar surface area (TPSA) is 99.6 Å². The van der Waals surface area contributed by atoms with Crippen LogP contribution in [0.1, 0.15) is 16.8 Å². The Bertz CT molecular complexity index is 786. The number of benzene rings is 1. The van der Waals surface area contributed by atoms with E-state index < -0.39 is 0 Å². The Morgan fingerprint density at radius 1 is 1.45 bits per heavy atom. The van der Waals surface area contributed by atoms with Gasteiger partial charge in [0.25, 0.3) is 5.56 Å². The SMILES string of the molecule is COc1cc(/C=N\Nc2nc(C)c(C)c(=O)[nH]2)cc(Cl)c1O. The number of phenolic OH excluding ortho intramolecular Hbond substituents is 1. The van der Waals surface area contributed by atoms with Crippen LogP contribution in [-0.2, 0) is 0 Å². The predicted octanol–water partition coefficient (Wildman–Crippen LogP) is 2.20. The van der Waals surface area contributed by atoms with Gasteiger partial charge in [-0.15, -0.1) is 0 Å². The summed E-state index contributed by atoms with van der Waals surface area (Å²) >= 11 is 5.88. The molecule has 3 N–H and O–H groups in total. The van der Waals surface area contributed by atoms with Gasteiger partial charge in [0, 0.05) is 11.3 Å². The van der Waals surface area contributed by atoms with E-state index in [2.05, 4.69) is 20.5 Å². The quantitative estimate of drug-likeness (QED) is 0.592. The lowest BCUT2D eigenvalue weighted by atomic mass is 10.2. The second kappa shape index (κ2) is 6.48. The summed E-state index contributed by atoms with van der Waals surface area (Å²) in [7, 11) is 1.42. The Labute approximate surface area is 131 Å². The fourth-order valence-electron chi connectivity index (χ4n) is 1.69. The number of methoxy groups -OCH3 is 1. The van der Waals surface area contributed by atoms with E-state index in [1.165, 1.54) is 19.4 Å². The number of halogens is 1. The number of aryl methyl sites for hydroxylation is 1. The van der Waals surface area contributed by atoms with E-state index >= 15 is 0 Å². The van der Waals surface area contributed by atoms with Gasteiger partial charge in [-0.1, -0.05) is 11.6 Å². The van der Waals surface area contributed by atoms with Gasteiger partial charge in [0.15, 0.2) is 11.5 Å². The molecule has 0 unspecified atom stereocenters. The Hall–Kier alpha value is -2.54. The average molecular weight is 323 g/mol. The van der Waals surface area contributed by atoms with Crippen LogP contribution < -0.4 is 15.7 Å². The molecule has 1 heterocycles. The van der Waals surface area contributed by atoms with Crippen LogP contribution in [0, 0.1) is 13.8 Å². The molecule has 7 nitrogen and oxygen atoms in total. The lowest BCUT2D eigenvalue weighted by molar-refractivity contribution is 0.373. The van der Waals surface area contributed by atoms with Crippen molar-refractivity contribution in [1.29, 1.82) is 0 Å². The number of hydrogen-bond donors (Lipinski definition) is 3. The minimum absolute atomic E-state index is 0.130. The van der Waals surface area contributed by atoms with E-state index in [1.807, 2.05) is 0 Å². The third kappa shape index (κ3) is 3.37. The van der Waals surface area contributed by atoms with Crippen LogP contribution in [-0.4, -0.2) is 28.4 Å². The highest BCUT2D eigenvalue weighted by molar-refractivity contribution is 6.32. The van der Waals surface area contributed by atoms with Gasteiger partial charge in [-0.05, 0) is 31.5 Å².